The summed E-state index contributed by atoms with van der Waals surface area (Å²) < 4.78 is 10.1. The summed E-state index contributed by atoms with van der Waals surface area (Å²) in [5, 5.41) is 1.84. The number of carbonyl (C=O) groups is 2. The minimum atomic E-state index is -0.541. The fraction of sp³-hybridized carbons (Fsp3) is 0.125. The lowest BCUT2D eigenvalue weighted by Crippen LogP contribution is -2.05. The molecule has 2 aromatic carbocycles. The molecule has 0 radical (unpaired) electrons. The second-order valence-electron chi connectivity index (χ2n) is 4.36. The number of benzene rings is 2. The summed E-state index contributed by atoms with van der Waals surface area (Å²) >= 11 is 0. The molecular weight excluding hydrogens is 256 g/mol. The van der Waals surface area contributed by atoms with Crippen LogP contribution in [0.1, 0.15) is 12.5 Å². The van der Waals surface area contributed by atoms with E-state index in [1.807, 2.05) is 30.3 Å². The predicted octanol–water partition coefficient (Wildman–Crippen LogP) is 2.71. The van der Waals surface area contributed by atoms with Crippen molar-refractivity contribution in [3.05, 3.63) is 48.0 Å². The van der Waals surface area contributed by atoms with Gasteiger partial charge in [0.15, 0.2) is 0 Å². The summed E-state index contributed by atoms with van der Waals surface area (Å²) in [6, 6.07) is 11.3. The van der Waals surface area contributed by atoms with Crippen LogP contribution in [-0.2, 0) is 14.3 Å². The summed E-state index contributed by atoms with van der Waals surface area (Å²) in [5.74, 6) is -0.562. The third-order valence-corrected chi connectivity index (χ3v) is 3.13. The van der Waals surface area contributed by atoms with Gasteiger partial charge >= 0.3 is 11.9 Å². The number of fused-ring (bicyclic) bond motifs is 3. The Bertz CT molecular complexity index is 743. The molecule has 0 aliphatic carbocycles. The lowest BCUT2D eigenvalue weighted by molar-refractivity contribution is -0.137. The monoisotopic (exact) mass is 268 g/mol. The molecule has 2 aromatic rings. The Balaban J connectivity index is 2.14. The van der Waals surface area contributed by atoms with Gasteiger partial charge in [-0.15, -0.1) is 0 Å². The zero-order valence-electron chi connectivity index (χ0n) is 10.9. The lowest BCUT2D eigenvalue weighted by atomic mass is 10.0. The van der Waals surface area contributed by atoms with Gasteiger partial charge in [0, 0.05) is 17.0 Å². The smallest absolute Gasteiger partial charge is 0.344 e. The minimum absolute atomic E-state index is 0.240. The van der Waals surface area contributed by atoms with Gasteiger partial charge in [0.05, 0.1) is 12.2 Å². The normalized spacial score (nSPS) is 15.2. The Labute approximate surface area is 115 Å². The van der Waals surface area contributed by atoms with Gasteiger partial charge in [-0.2, -0.15) is 0 Å². The molecule has 20 heavy (non-hydrogen) atoms. The van der Waals surface area contributed by atoms with Crippen LogP contribution in [0.5, 0.6) is 5.75 Å². The predicted molar refractivity (Wildman–Crippen MR) is 74.2 cm³/mol. The van der Waals surface area contributed by atoms with E-state index in [2.05, 4.69) is 0 Å². The summed E-state index contributed by atoms with van der Waals surface area (Å²) in [6.45, 7) is 1.98. The van der Waals surface area contributed by atoms with Gasteiger partial charge < -0.3 is 9.47 Å². The Hall–Kier alpha value is -2.62. The first-order valence-electron chi connectivity index (χ1n) is 6.33. The number of esters is 2. The SMILES string of the molecule is CCOC(=O)/C=C1/C(=O)Oc2c1ccc1ccccc21. The molecule has 1 aliphatic heterocycles. The van der Waals surface area contributed by atoms with E-state index in [1.54, 1.807) is 13.0 Å². The van der Waals surface area contributed by atoms with E-state index < -0.39 is 11.9 Å². The summed E-state index contributed by atoms with van der Waals surface area (Å²) in [4.78, 5) is 23.4. The summed E-state index contributed by atoms with van der Waals surface area (Å²) in [5.41, 5.74) is 0.867. The van der Waals surface area contributed by atoms with Crippen molar-refractivity contribution in [2.45, 2.75) is 6.92 Å². The van der Waals surface area contributed by atoms with Crippen LogP contribution in [-0.4, -0.2) is 18.5 Å². The lowest BCUT2D eigenvalue weighted by Gasteiger charge is -2.02. The zero-order valence-corrected chi connectivity index (χ0v) is 10.9. The molecule has 0 aromatic heterocycles. The first kappa shape index (κ1) is 12.4. The Morgan fingerprint density at radius 3 is 2.85 bits per heavy atom. The largest absolute Gasteiger partial charge is 0.463 e. The second kappa shape index (κ2) is 4.81. The maximum atomic E-state index is 11.9. The topological polar surface area (TPSA) is 52.6 Å². The van der Waals surface area contributed by atoms with Gasteiger partial charge in [-0.3, -0.25) is 0 Å². The van der Waals surface area contributed by atoms with Gasteiger partial charge in [-0.1, -0.05) is 30.3 Å². The Morgan fingerprint density at radius 1 is 1.25 bits per heavy atom. The van der Waals surface area contributed by atoms with Gasteiger partial charge in [0.25, 0.3) is 0 Å². The number of rotatable bonds is 2. The Morgan fingerprint density at radius 2 is 2.05 bits per heavy atom. The summed E-state index contributed by atoms with van der Waals surface area (Å²) in [7, 11) is 0. The van der Waals surface area contributed by atoms with Crippen LogP contribution < -0.4 is 4.74 Å². The molecule has 0 spiro atoms. The maximum Gasteiger partial charge on any atom is 0.344 e. The van der Waals surface area contributed by atoms with Crippen molar-refractivity contribution < 1.29 is 19.1 Å². The molecule has 4 heteroatoms. The molecular formula is C16H12O4. The fourth-order valence-electron chi connectivity index (χ4n) is 2.26. The van der Waals surface area contributed by atoms with Crippen molar-refractivity contribution in [1.82, 2.24) is 0 Å². The van der Waals surface area contributed by atoms with Gasteiger partial charge in [0.2, 0.25) is 0 Å². The maximum absolute atomic E-state index is 11.9. The van der Waals surface area contributed by atoms with Crippen LogP contribution in [0.2, 0.25) is 0 Å². The van der Waals surface area contributed by atoms with Crippen LogP contribution >= 0.6 is 0 Å². The molecule has 0 unspecified atom stereocenters. The van der Waals surface area contributed by atoms with Gasteiger partial charge in [-0.25, -0.2) is 9.59 Å². The fourth-order valence-corrected chi connectivity index (χ4v) is 2.26. The van der Waals surface area contributed by atoms with E-state index in [0.717, 1.165) is 10.8 Å². The second-order valence-corrected chi connectivity index (χ2v) is 4.36. The van der Waals surface area contributed by atoms with E-state index in [9.17, 15) is 9.59 Å². The van der Waals surface area contributed by atoms with Crippen molar-refractivity contribution in [1.29, 1.82) is 0 Å². The molecule has 4 nitrogen and oxygen atoms in total. The van der Waals surface area contributed by atoms with E-state index in [0.29, 0.717) is 11.3 Å². The number of hydrogen-bond donors (Lipinski definition) is 0. The third kappa shape index (κ3) is 1.95. The molecule has 3 rings (SSSR count). The molecule has 0 bridgehead atoms. The van der Waals surface area contributed by atoms with Gasteiger partial charge in [-0.05, 0) is 18.4 Å². The van der Waals surface area contributed by atoms with Crippen LogP contribution in [0, 0.1) is 0 Å². The molecule has 0 saturated heterocycles. The number of ether oxygens (including phenoxy) is 2. The molecule has 0 N–H and O–H groups in total. The number of hydrogen-bond acceptors (Lipinski definition) is 4. The van der Waals surface area contributed by atoms with E-state index in [4.69, 9.17) is 9.47 Å². The highest BCUT2D eigenvalue weighted by Crippen LogP contribution is 2.39. The minimum Gasteiger partial charge on any atom is -0.463 e. The van der Waals surface area contributed by atoms with Crippen molar-refractivity contribution >= 4 is 28.3 Å². The van der Waals surface area contributed by atoms with Crippen LogP contribution in [0.4, 0.5) is 0 Å². The molecule has 100 valence electrons. The van der Waals surface area contributed by atoms with Crippen LogP contribution in [0.3, 0.4) is 0 Å². The van der Waals surface area contributed by atoms with E-state index in [1.165, 1.54) is 6.08 Å². The molecule has 0 fully saturated rings. The number of carbonyl (C=O) groups excluding carboxylic acids is 2. The molecule has 1 heterocycles. The van der Waals surface area contributed by atoms with Crippen molar-refractivity contribution in [3.8, 4) is 5.75 Å². The highest BCUT2D eigenvalue weighted by atomic mass is 16.5. The molecule has 1 aliphatic rings. The van der Waals surface area contributed by atoms with E-state index >= 15 is 0 Å². The first-order valence-corrected chi connectivity index (χ1v) is 6.33. The molecule has 0 atom stereocenters. The Kier molecular flexibility index (Phi) is 2.99. The van der Waals surface area contributed by atoms with E-state index in [-0.39, 0.29) is 12.2 Å². The zero-order chi connectivity index (χ0) is 14.1. The van der Waals surface area contributed by atoms with Crippen LogP contribution in [0.25, 0.3) is 16.3 Å². The molecule has 0 saturated carbocycles. The van der Waals surface area contributed by atoms with Gasteiger partial charge in [0.1, 0.15) is 5.75 Å². The quantitative estimate of drug-likeness (QED) is 0.477. The highest BCUT2D eigenvalue weighted by molar-refractivity contribution is 6.26. The first-order chi connectivity index (χ1) is 9.70. The van der Waals surface area contributed by atoms with Crippen molar-refractivity contribution in [3.63, 3.8) is 0 Å². The third-order valence-electron chi connectivity index (χ3n) is 3.13. The molecule has 0 amide bonds. The average molecular weight is 268 g/mol. The standard InChI is InChI=1S/C16H12O4/c1-2-19-14(17)9-13-12-8-7-10-5-3-4-6-11(10)15(12)20-16(13)18/h3-9H,2H2,1H3/b13-9+. The van der Waals surface area contributed by atoms with Crippen molar-refractivity contribution in [2.75, 3.05) is 6.61 Å². The van der Waals surface area contributed by atoms with Crippen LogP contribution in [0.15, 0.2) is 42.5 Å². The summed E-state index contributed by atoms with van der Waals surface area (Å²) in [6.07, 6.45) is 1.19. The average Bonchev–Trinajstić information content (AvgIpc) is 2.76. The van der Waals surface area contributed by atoms with Crippen molar-refractivity contribution in [2.24, 2.45) is 0 Å². The highest BCUT2D eigenvalue weighted by Gasteiger charge is 2.29.